The summed E-state index contributed by atoms with van der Waals surface area (Å²) in [6.07, 6.45) is 1.57. The molecule has 6 heteroatoms. The Labute approximate surface area is 141 Å². The van der Waals surface area contributed by atoms with Crippen LogP contribution in [0, 0.1) is 20.8 Å². The molecule has 1 aliphatic heterocycles. The van der Waals surface area contributed by atoms with Crippen LogP contribution in [0.25, 0.3) is 5.78 Å². The van der Waals surface area contributed by atoms with E-state index < -0.39 is 0 Å². The van der Waals surface area contributed by atoms with Crippen molar-refractivity contribution in [3.05, 3.63) is 47.4 Å². The van der Waals surface area contributed by atoms with Crippen LogP contribution in [-0.4, -0.2) is 45.8 Å². The van der Waals surface area contributed by atoms with Crippen LogP contribution in [0.15, 0.2) is 30.6 Å². The number of anilines is 2. The zero-order valence-corrected chi connectivity index (χ0v) is 14.4. The summed E-state index contributed by atoms with van der Waals surface area (Å²) >= 11 is 0. The molecular formula is C18H22N6. The lowest BCUT2D eigenvalue weighted by atomic mass is 10.1. The Balaban J connectivity index is 1.58. The van der Waals surface area contributed by atoms with Gasteiger partial charge in [0.1, 0.15) is 12.1 Å². The molecule has 0 amide bonds. The Bertz CT molecular complexity index is 876. The van der Waals surface area contributed by atoms with Crippen molar-refractivity contribution >= 4 is 17.3 Å². The molecule has 0 atom stereocenters. The molecule has 0 spiro atoms. The van der Waals surface area contributed by atoms with E-state index in [0.717, 1.165) is 37.7 Å². The Morgan fingerprint density at radius 3 is 2.50 bits per heavy atom. The Morgan fingerprint density at radius 1 is 0.958 bits per heavy atom. The molecular weight excluding hydrogens is 300 g/mol. The van der Waals surface area contributed by atoms with Crippen LogP contribution in [0.1, 0.15) is 16.8 Å². The molecule has 1 fully saturated rings. The number of piperazine rings is 1. The number of aromatic nitrogens is 4. The fourth-order valence-corrected chi connectivity index (χ4v) is 3.39. The molecule has 6 nitrogen and oxygen atoms in total. The fourth-order valence-electron chi connectivity index (χ4n) is 3.39. The van der Waals surface area contributed by atoms with Crippen LogP contribution < -0.4 is 9.80 Å². The first-order valence-corrected chi connectivity index (χ1v) is 8.37. The van der Waals surface area contributed by atoms with Crippen LogP contribution in [0.2, 0.25) is 0 Å². The number of hydrogen-bond donors (Lipinski definition) is 0. The van der Waals surface area contributed by atoms with E-state index in [9.17, 15) is 0 Å². The molecule has 0 aliphatic carbocycles. The zero-order chi connectivity index (χ0) is 16.7. The monoisotopic (exact) mass is 322 g/mol. The van der Waals surface area contributed by atoms with E-state index in [1.807, 2.05) is 11.4 Å². The van der Waals surface area contributed by atoms with Crippen LogP contribution >= 0.6 is 0 Å². The second kappa shape index (κ2) is 5.78. The Hall–Kier alpha value is -2.63. The highest BCUT2D eigenvalue weighted by molar-refractivity contribution is 5.57. The summed E-state index contributed by atoms with van der Waals surface area (Å²) in [7, 11) is 0. The van der Waals surface area contributed by atoms with Crippen molar-refractivity contribution in [3.63, 3.8) is 0 Å². The topological polar surface area (TPSA) is 49.6 Å². The molecule has 1 aromatic carbocycles. The number of aryl methyl sites for hydroxylation is 2. The second-order valence-corrected chi connectivity index (χ2v) is 6.42. The molecule has 24 heavy (non-hydrogen) atoms. The van der Waals surface area contributed by atoms with Crippen LogP contribution in [0.3, 0.4) is 0 Å². The molecule has 3 heterocycles. The maximum Gasteiger partial charge on any atom is 0.254 e. The van der Waals surface area contributed by atoms with Gasteiger partial charge in [-0.15, -0.1) is 0 Å². The highest BCUT2D eigenvalue weighted by Crippen LogP contribution is 2.25. The molecule has 3 aromatic rings. The van der Waals surface area contributed by atoms with Gasteiger partial charge in [-0.2, -0.15) is 14.6 Å². The van der Waals surface area contributed by atoms with Gasteiger partial charge in [-0.1, -0.05) is 12.1 Å². The number of hydrogen-bond acceptors (Lipinski definition) is 5. The van der Waals surface area contributed by atoms with E-state index in [-0.39, 0.29) is 0 Å². The average molecular weight is 322 g/mol. The summed E-state index contributed by atoms with van der Waals surface area (Å²) in [4.78, 5) is 13.5. The first-order chi connectivity index (χ1) is 11.6. The third-order valence-electron chi connectivity index (χ3n) is 4.88. The van der Waals surface area contributed by atoms with E-state index in [2.05, 4.69) is 63.0 Å². The van der Waals surface area contributed by atoms with Gasteiger partial charge >= 0.3 is 0 Å². The molecule has 4 rings (SSSR count). The van der Waals surface area contributed by atoms with Crippen LogP contribution in [-0.2, 0) is 0 Å². The van der Waals surface area contributed by atoms with E-state index in [0.29, 0.717) is 5.78 Å². The number of nitrogens with zero attached hydrogens (tertiary/aromatic N) is 6. The predicted molar refractivity (Wildman–Crippen MR) is 95.9 cm³/mol. The quantitative estimate of drug-likeness (QED) is 0.725. The number of rotatable bonds is 2. The minimum Gasteiger partial charge on any atom is -0.368 e. The van der Waals surface area contributed by atoms with Gasteiger partial charge in [-0.25, -0.2) is 4.98 Å². The van der Waals surface area contributed by atoms with E-state index >= 15 is 0 Å². The van der Waals surface area contributed by atoms with Gasteiger partial charge in [0, 0.05) is 43.6 Å². The van der Waals surface area contributed by atoms with Crippen molar-refractivity contribution in [1.29, 1.82) is 0 Å². The highest BCUT2D eigenvalue weighted by Gasteiger charge is 2.21. The van der Waals surface area contributed by atoms with Crippen molar-refractivity contribution in [2.45, 2.75) is 20.8 Å². The third-order valence-corrected chi connectivity index (χ3v) is 4.88. The van der Waals surface area contributed by atoms with Crippen molar-refractivity contribution in [2.75, 3.05) is 36.0 Å². The summed E-state index contributed by atoms with van der Waals surface area (Å²) in [6.45, 7) is 10.3. The minimum absolute atomic E-state index is 0.668. The summed E-state index contributed by atoms with van der Waals surface area (Å²) in [5.41, 5.74) is 5.06. The fraction of sp³-hybridized carbons (Fsp3) is 0.389. The lowest BCUT2D eigenvalue weighted by Gasteiger charge is -2.38. The Kier molecular flexibility index (Phi) is 3.59. The summed E-state index contributed by atoms with van der Waals surface area (Å²) in [5.74, 6) is 1.75. The summed E-state index contributed by atoms with van der Waals surface area (Å²) in [6, 6.07) is 8.64. The van der Waals surface area contributed by atoms with Gasteiger partial charge in [-0.05, 0) is 38.0 Å². The average Bonchev–Trinajstić information content (AvgIpc) is 3.05. The van der Waals surface area contributed by atoms with Gasteiger partial charge in [-0.3, -0.25) is 0 Å². The minimum atomic E-state index is 0.668. The SMILES string of the molecule is Cc1cc(N2CCN(c3cccc(C)c3C)CC2)n2ncnc2n1. The molecule has 0 saturated carbocycles. The normalized spacial score (nSPS) is 15.3. The van der Waals surface area contributed by atoms with Gasteiger partial charge in [0.15, 0.2) is 0 Å². The third kappa shape index (κ3) is 2.48. The molecule has 124 valence electrons. The summed E-state index contributed by atoms with van der Waals surface area (Å²) < 4.78 is 1.83. The van der Waals surface area contributed by atoms with Gasteiger partial charge in [0.2, 0.25) is 0 Å². The molecule has 2 aromatic heterocycles. The largest absolute Gasteiger partial charge is 0.368 e. The molecule has 0 radical (unpaired) electrons. The number of benzene rings is 1. The second-order valence-electron chi connectivity index (χ2n) is 6.42. The van der Waals surface area contributed by atoms with Crippen LogP contribution in [0.5, 0.6) is 0 Å². The van der Waals surface area contributed by atoms with E-state index in [4.69, 9.17) is 0 Å². The van der Waals surface area contributed by atoms with Gasteiger partial charge in [0.25, 0.3) is 5.78 Å². The lowest BCUT2D eigenvalue weighted by molar-refractivity contribution is 0.637. The Morgan fingerprint density at radius 2 is 1.71 bits per heavy atom. The summed E-state index contributed by atoms with van der Waals surface area (Å²) in [5, 5.41) is 4.33. The van der Waals surface area contributed by atoms with Crippen molar-refractivity contribution in [1.82, 2.24) is 19.6 Å². The van der Waals surface area contributed by atoms with Crippen molar-refractivity contribution < 1.29 is 0 Å². The van der Waals surface area contributed by atoms with E-state index in [1.165, 1.54) is 16.8 Å². The maximum absolute atomic E-state index is 4.43. The standard InChI is InChI=1S/C18H22N6/c1-13-5-4-6-16(15(13)3)22-7-9-23(10-8-22)17-11-14(2)21-18-19-12-20-24(17)18/h4-6,11-12H,7-10H2,1-3H3. The van der Waals surface area contributed by atoms with Gasteiger partial charge in [0.05, 0.1) is 0 Å². The maximum atomic E-state index is 4.43. The first kappa shape index (κ1) is 14.9. The molecule has 1 saturated heterocycles. The molecule has 0 unspecified atom stereocenters. The molecule has 0 N–H and O–H groups in total. The first-order valence-electron chi connectivity index (χ1n) is 8.37. The van der Waals surface area contributed by atoms with Gasteiger partial charge < -0.3 is 9.80 Å². The van der Waals surface area contributed by atoms with Crippen LogP contribution in [0.4, 0.5) is 11.5 Å². The van der Waals surface area contributed by atoms with Crippen molar-refractivity contribution in [3.8, 4) is 0 Å². The molecule has 0 bridgehead atoms. The highest BCUT2D eigenvalue weighted by atomic mass is 15.4. The smallest absolute Gasteiger partial charge is 0.254 e. The number of fused-ring (bicyclic) bond motifs is 1. The van der Waals surface area contributed by atoms with E-state index in [1.54, 1.807) is 6.33 Å². The van der Waals surface area contributed by atoms with Crippen molar-refractivity contribution in [2.24, 2.45) is 0 Å². The lowest BCUT2D eigenvalue weighted by Crippen LogP contribution is -2.47. The predicted octanol–water partition coefficient (Wildman–Crippen LogP) is 2.38. The zero-order valence-electron chi connectivity index (χ0n) is 14.4. The molecule has 1 aliphatic rings.